The van der Waals surface area contributed by atoms with Crippen molar-refractivity contribution in [2.75, 3.05) is 0 Å². The average molecular weight is 333 g/mol. The van der Waals surface area contributed by atoms with Gasteiger partial charge in [0.15, 0.2) is 0 Å². The van der Waals surface area contributed by atoms with Gasteiger partial charge in [-0.15, -0.1) is 0 Å². The Hall–Kier alpha value is -1.80. The summed E-state index contributed by atoms with van der Waals surface area (Å²) in [5, 5.41) is 15.9. The molecule has 0 aliphatic heterocycles. The van der Waals surface area contributed by atoms with Gasteiger partial charge < -0.3 is 14.8 Å². The van der Waals surface area contributed by atoms with Gasteiger partial charge >= 0.3 is 6.18 Å². The van der Waals surface area contributed by atoms with Crippen LogP contribution in [0.5, 0.6) is 0 Å². The minimum Gasteiger partial charge on any atom is -0.463 e. The van der Waals surface area contributed by atoms with Crippen molar-refractivity contribution in [1.29, 1.82) is 0 Å². The summed E-state index contributed by atoms with van der Waals surface area (Å²) in [5.74, 6) is -1.39. The number of rotatable bonds is 5. The fraction of sp³-hybridized carbons (Fsp3) is 0.357. The molecule has 0 aliphatic rings. The lowest BCUT2D eigenvalue weighted by molar-refractivity contribution is -0.273. The van der Waals surface area contributed by atoms with Crippen molar-refractivity contribution >= 4 is 17.2 Å². The highest BCUT2D eigenvalue weighted by Gasteiger charge is 2.58. The van der Waals surface area contributed by atoms with Gasteiger partial charge in [0.2, 0.25) is 11.5 Å². The fourth-order valence-corrected chi connectivity index (χ4v) is 2.54. The van der Waals surface area contributed by atoms with Crippen LogP contribution in [0.3, 0.4) is 0 Å². The highest BCUT2D eigenvalue weighted by molar-refractivity contribution is 7.07. The molecule has 0 saturated heterocycles. The molecular formula is C14H14F3NO3S. The molecule has 0 saturated carbocycles. The molecule has 4 nitrogen and oxygen atoms in total. The first-order valence-electron chi connectivity index (χ1n) is 6.36. The molecule has 1 unspecified atom stereocenters. The van der Waals surface area contributed by atoms with Crippen molar-refractivity contribution in [2.45, 2.75) is 31.7 Å². The Kier molecular flexibility index (Phi) is 4.62. The van der Waals surface area contributed by atoms with Crippen molar-refractivity contribution in [3.05, 3.63) is 46.0 Å². The van der Waals surface area contributed by atoms with Crippen molar-refractivity contribution in [3.63, 3.8) is 0 Å². The van der Waals surface area contributed by atoms with Crippen LogP contribution in [0.1, 0.15) is 23.5 Å². The van der Waals surface area contributed by atoms with E-state index < -0.39 is 29.9 Å². The largest absolute Gasteiger partial charge is 0.463 e. The summed E-state index contributed by atoms with van der Waals surface area (Å²) < 4.78 is 44.4. The van der Waals surface area contributed by atoms with Crippen molar-refractivity contribution in [2.24, 2.45) is 0 Å². The lowest BCUT2D eigenvalue weighted by Gasteiger charge is -2.27. The topological polar surface area (TPSA) is 62.5 Å². The van der Waals surface area contributed by atoms with Gasteiger partial charge in [-0.3, -0.25) is 4.79 Å². The number of aryl methyl sites for hydroxylation is 1. The summed E-state index contributed by atoms with van der Waals surface area (Å²) in [6, 6.07) is 4.07. The van der Waals surface area contributed by atoms with Gasteiger partial charge in [-0.05, 0) is 41.4 Å². The van der Waals surface area contributed by atoms with E-state index in [0.717, 1.165) is 11.6 Å². The van der Waals surface area contributed by atoms with Gasteiger partial charge in [0.25, 0.3) is 0 Å². The molecule has 0 radical (unpaired) electrons. The van der Waals surface area contributed by atoms with E-state index in [1.807, 2.05) is 0 Å². The lowest BCUT2D eigenvalue weighted by Crippen LogP contribution is -2.45. The third-order valence-electron chi connectivity index (χ3n) is 3.10. The lowest BCUT2D eigenvalue weighted by atomic mass is 9.95. The van der Waals surface area contributed by atoms with Crippen LogP contribution in [0.25, 0.3) is 0 Å². The first kappa shape index (κ1) is 16.6. The maximum Gasteiger partial charge on any atom is 0.425 e. The molecular weight excluding hydrogens is 319 g/mol. The number of carbonyl (C=O) groups is 1. The zero-order chi connectivity index (χ0) is 16.4. The molecule has 0 spiro atoms. The average Bonchev–Trinajstić information content (AvgIpc) is 3.06. The van der Waals surface area contributed by atoms with Gasteiger partial charge in [-0.2, -0.15) is 24.5 Å². The molecule has 1 atom stereocenters. The summed E-state index contributed by atoms with van der Waals surface area (Å²) in [7, 11) is 0. The Labute approximate surface area is 128 Å². The zero-order valence-corrected chi connectivity index (χ0v) is 12.4. The van der Waals surface area contributed by atoms with E-state index in [9.17, 15) is 23.1 Å². The second-order valence-electron chi connectivity index (χ2n) is 4.85. The maximum absolute atomic E-state index is 13.2. The molecule has 2 aromatic rings. The molecule has 2 heterocycles. The highest BCUT2D eigenvalue weighted by atomic mass is 32.1. The molecule has 0 bridgehead atoms. The second-order valence-corrected chi connectivity index (χ2v) is 5.63. The molecule has 0 aromatic carbocycles. The van der Waals surface area contributed by atoms with Gasteiger partial charge in [0.05, 0.1) is 6.42 Å². The maximum atomic E-state index is 13.2. The van der Waals surface area contributed by atoms with E-state index in [1.165, 1.54) is 24.3 Å². The van der Waals surface area contributed by atoms with Crippen LogP contribution in [0.15, 0.2) is 33.4 Å². The number of hydrogen-bond acceptors (Lipinski definition) is 4. The quantitative estimate of drug-likeness (QED) is 0.884. The minimum absolute atomic E-state index is 0.105. The first-order chi connectivity index (χ1) is 10.2. The first-order valence-corrected chi connectivity index (χ1v) is 7.30. The van der Waals surface area contributed by atoms with Crippen LogP contribution < -0.4 is 5.32 Å². The predicted molar refractivity (Wildman–Crippen MR) is 74.2 cm³/mol. The van der Waals surface area contributed by atoms with Crippen LogP contribution in [-0.2, 0) is 16.9 Å². The number of alkyl halides is 3. The fourth-order valence-electron chi connectivity index (χ4n) is 1.87. The molecule has 2 N–H and O–H groups in total. The van der Waals surface area contributed by atoms with E-state index in [4.69, 9.17) is 4.42 Å². The standard InChI is InChI=1S/C14H14F3NO3S/c1-9-2-3-11(21-9)13(20,14(15,16)17)6-12(19)18-7-10-4-5-22-8-10/h2-5,8,20H,6-7H2,1H3,(H,18,19). The third kappa shape index (κ3) is 3.50. The monoisotopic (exact) mass is 333 g/mol. The van der Waals surface area contributed by atoms with Crippen LogP contribution >= 0.6 is 11.3 Å². The van der Waals surface area contributed by atoms with E-state index in [2.05, 4.69) is 5.32 Å². The van der Waals surface area contributed by atoms with Gasteiger partial charge in [0, 0.05) is 6.54 Å². The SMILES string of the molecule is Cc1ccc(C(O)(CC(=O)NCc2ccsc2)C(F)(F)F)o1. The number of halogens is 3. The molecule has 120 valence electrons. The van der Waals surface area contributed by atoms with E-state index in [-0.39, 0.29) is 12.3 Å². The number of hydrogen-bond donors (Lipinski definition) is 2. The molecule has 22 heavy (non-hydrogen) atoms. The number of thiophene rings is 1. The van der Waals surface area contributed by atoms with E-state index in [1.54, 1.807) is 16.8 Å². The highest BCUT2D eigenvalue weighted by Crippen LogP contribution is 2.42. The molecule has 0 aliphatic carbocycles. The number of amides is 1. The summed E-state index contributed by atoms with van der Waals surface area (Å²) >= 11 is 1.41. The van der Waals surface area contributed by atoms with Crippen molar-refractivity contribution < 1.29 is 27.5 Å². The summed E-state index contributed by atoms with van der Waals surface area (Å²) in [6.45, 7) is 1.56. The Balaban J connectivity index is 2.11. The predicted octanol–water partition coefficient (Wildman–Crippen LogP) is 3.11. The van der Waals surface area contributed by atoms with Crippen LogP contribution in [-0.4, -0.2) is 17.2 Å². The van der Waals surface area contributed by atoms with Crippen molar-refractivity contribution in [1.82, 2.24) is 5.32 Å². The Bertz CT molecular complexity index is 636. The summed E-state index contributed by atoms with van der Waals surface area (Å²) in [4.78, 5) is 11.8. The molecule has 1 amide bonds. The van der Waals surface area contributed by atoms with Gasteiger partial charge in [-0.1, -0.05) is 0 Å². The van der Waals surface area contributed by atoms with Crippen molar-refractivity contribution in [3.8, 4) is 0 Å². The van der Waals surface area contributed by atoms with Crippen LogP contribution in [0.4, 0.5) is 13.2 Å². The molecule has 0 fully saturated rings. The van der Waals surface area contributed by atoms with E-state index in [0.29, 0.717) is 0 Å². The molecule has 8 heteroatoms. The second kappa shape index (κ2) is 6.13. The number of carbonyl (C=O) groups excluding carboxylic acids is 1. The summed E-state index contributed by atoms with van der Waals surface area (Å²) in [6.07, 6.45) is -6.19. The normalized spacial score (nSPS) is 14.6. The summed E-state index contributed by atoms with van der Waals surface area (Å²) in [5.41, 5.74) is -2.57. The third-order valence-corrected chi connectivity index (χ3v) is 3.84. The number of nitrogens with one attached hydrogen (secondary N) is 1. The Morgan fingerprint density at radius 2 is 2.09 bits per heavy atom. The Morgan fingerprint density at radius 3 is 2.59 bits per heavy atom. The smallest absolute Gasteiger partial charge is 0.425 e. The molecule has 2 aromatic heterocycles. The van der Waals surface area contributed by atoms with Crippen LogP contribution in [0, 0.1) is 6.92 Å². The number of furan rings is 1. The van der Waals surface area contributed by atoms with Gasteiger partial charge in [-0.25, -0.2) is 0 Å². The minimum atomic E-state index is -5.03. The number of aliphatic hydroxyl groups is 1. The van der Waals surface area contributed by atoms with E-state index >= 15 is 0 Å². The molecule has 2 rings (SSSR count). The zero-order valence-electron chi connectivity index (χ0n) is 11.6. The van der Waals surface area contributed by atoms with Gasteiger partial charge in [0.1, 0.15) is 11.5 Å². The Morgan fingerprint density at radius 1 is 1.36 bits per heavy atom. The van der Waals surface area contributed by atoms with Crippen LogP contribution in [0.2, 0.25) is 0 Å².